The average Bonchev–Trinajstić information content (AvgIpc) is 4.08. The lowest BCUT2D eigenvalue weighted by Crippen LogP contribution is -2.42. The van der Waals surface area contributed by atoms with Gasteiger partial charge < -0.3 is 33.8 Å². The summed E-state index contributed by atoms with van der Waals surface area (Å²) >= 11 is 12.8. The third-order valence-electron chi connectivity index (χ3n) is 9.61. The molecule has 2 saturated carbocycles. The normalized spacial score (nSPS) is 17.4. The largest absolute Gasteiger partial charge is 0.619 e. The van der Waals surface area contributed by atoms with Gasteiger partial charge in [0.2, 0.25) is 10.0 Å². The summed E-state index contributed by atoms with van der Waals surface area (Å²) in [6.45, 7) is 2.42. The predicted molar refractivity (Wildman–Crippen MR) is 211 cm³/mol. The molecule has 14 nitrogen and oxygen atoms in total. The third kappa shape index (κ3) is 12.5. The van der Waals surface area contributed by atoms with Crippen molar-refractivity contribution in [1.29, 1.82) is 0 Å². The molecule has 0 spiro atoms. The third-order valence-corrected chi connectivity index (χ3v) is 11.4. The van der Waals surface area contributed by atoms with Gasteiger partial charge in [-0.3, -0.25) is 14.3 Å². The lowest BCUT2D eigenvalue weighted by molar-refractivity contribution is -0.605. The Bertz CT molecular complexity index is 2140. The lowest BCUT2D eigenvalue weighted by Gasteiger charge is -2.27. The first-order valence-electron chi connectivity index (χ1n) is 19.1. The zero-order chi connectivity index (χ0) is 42.6. The van der Waals surface area contributed by atoms with Crippen LogP contribution in [0.3, 0.4) is 0 Å². The van der Waals surface area contributed by atoms with Gasteiger partial charge >= 0.3 is 18.6 Å². The number of hydrogen-bond acceptors (Lipinski definition) is 11. The molecule has 1 amide bonds. The molecule has 3 fully saturated rings. The number of sulfonamides is 1. The summed E-state index contributed by atoms with van der Waals surface area (Å²) in [5.41, 5.74) is -0.408. The molecule has 0 radical (unpaired) electrons. The smallest absolute Gasteiger partial charge is 0.387 e. The summed E-state index contributed by atoms with van der Waals surface area (Å²) < 4.78 is 83.5. The number of nitrogens with zero attached hydrogens (tertiary/aromatic N) is 2. The zero-order valence-corrected chi connectivity index (χ0v) is 34.9. The SMILES string of the molecule is CC(C)(C)OC(=O)CS(=O)(=O)Nc1cc(C(=O)N2CCC[C@H]2C(=O)O[C@@H](Cc2c(Cl)c[n+]([O-])cc2Cl)c2ccc(OC(F)F)c(OCC3CC3)c2)ccc1OCC1CC1. The van der Waals surface area contributed by atoms with E-state index >= 15 is 0 Å². The number of pyridine rings is 1. The van der Waals surface area contributed by atoms with E-state index < -0.39 is 58.0 Å². The number of anilines is 1. The number of alkyl halides is 2. The minimum Gasteiger partial charge on any atom is -0.619 e. The maximum Gasteiger partial charge on any atom is 0.387 e. The van der Waals surface area contributed by atoms with Crippen LogP contribution < -0.4 is 23.7 Å². The van der Waals surface area contributed by atoms with Crippen molar-refractivity contribution < 1.29 is 60.0 Å². The van der Waals surface area contributed by atoms with Crippen molar-refractivity contribution in [3.05, 3.63) is 80.7 Å². The Balaban J connectivity index is 1.26. The van der Waals surface area contributed by atoms with Gasteiger partial charge in [0.15, 0.2) is 29.6 Å². The number of carbonyl (C=O) groups excluding carboxylic acids is 3. The number of nitrogens with one attached hydrogen (secondary N) is 1. The highest BCUT2D eigenvalue weighted by Crippen LogP contribution is 2.39. The summed E-state index contributed by atoms with van der Waals surface area (Å²) in [6, 6.07) is 7.21. The molecule has 1 saturated heterocycles. The van der Waals surface area contributed by atoms with Crippen molar-refractivity contribution in [2.75, 3.05) is 30.2 Å². The Morgan fingerprint density at radius 3 is 2.17 bits per heavy atom. The molecule has 6 rings (SSSR count). The van der Waals surface area contributed by atoms with Gasteiger partial charge in [-0.15, -0.1) is 0 Å². The fourth-order valence-electron chi connectivity index (χ4n) is 6.39. The number of likely N-dealkylation sites (tertiary alicyclic amines) is 1. The van der Waals surface area contributed by atoms with Gasteiger partial charge in [0, 0.05) is 24.1 Å². The highest BCUT2D eigenvalue weighted by Gasteiger charge is 2.38. The molecular weight excluding hydrogens is 839 g/mol. The van der Waals surface area contributed by atoms with Crippen molar-refractivity contribution in [3.63, 3.8) is 0 Å². The van der Waals surface area contributed by atoms with E-state index in [0.717, 1.165) is 38.1 Å². The second-order valence-electron chi connectivity index (χ2n) is 15.8. The molecule has 2 heterocycles. The Kier molecular flexibility index (Phi) is 13.7. The number of benzene rings is 2. The maximum atomic E-state index is 14.1. The Morgan fingerprint density at radius 1 is 0.932 bits per heavy atom. The summed E-state index contributed by atoms with van der Waals surface area (Å²) in [6.07, 6.45) is 5.25. The molecule has 2 aliphatic carbocycles. The van der Waals surface area contributed by atoms with E-state index in [-0.39, 0.29) is 76.0 Å². The van der Waals surface area contributed by atoms with Crippen LogP contribution in [0.25, 0.3) is 0 Å². The molecule has 320 valence electrons. The lowest BCUT2D eigenvalue weighted by atomic mass is 10.0. The number of amides is 1. The molecule has 0 bridgehead atoms. The van der Waals surface area contributed by atoms with Crippen molar-refractivity contribution in [1.82, 2.24) is 4.90 Å². The van der Waals surface area contributed by atoms with Crippen LogP contribution in [0, 0.1) is 17.0 Å². The summed E-state index contributed by atoms with van der Waals surface area (Å²) in [7, 11) is -4.32. The highest BCUT2D eigenvalue weighted by molar-refractivity contribution is 7.93. The number of hydrogen-bond donors (Lipinski definition) is 1. The van der Waals surface area contributed by atoms with Crippen molar-refractivity contribution >= 4 is 56.8 Å². The van der Waals surface area contributed by atoms with E-state index in [1.54, 1.807) is 20.8 Å². The van der Waals surface area contributed by atoms with Crippen molar-refractivity contribution in [3.8, 4) is 17.2 Å². The molecular formula is C40H45Cl2F2N3O11S. The summed E-state index contributed by atoms with van der Waals surface area (Å²) in [5, 5.41) is 12.0. The predicted octanol–water partition coefficient (Wildman–Crippen LogP) is 7.02. The molecule has 1 aromatic heterocycles. The van der Waals surface area contributed by atoms with E-state index in [9.17, 15) is 36.8 Å². The first kappa shape index (κ1) is 44.0. The van der Waals surface area contributed by atoms with Gasteiger partial charge in [-0.05, 0) is 107 Å². The number of halogens is 4. The monoisotopic (exact) mass is 883 g/mol. The van der Waals surface area contributed by atoms with Gasteiger partial charge in [-0.2, -0.15) is 13.5 Å². The fraction of sp³-hybridized carbons (Fsp3) is 0.500. The zero-order valence-electron chi connectivity index (χ0n) is 32.6. The second-order valence-corrected chi connectivity index (χ2v) is 18.4. The fourth-order valence-corrected chi connectivity index (χ4v) is 7.93. The van der Waals surface area contributed by atoms with Crippen molar-refractivity contribution in [2.24, 2.45) is 11.8 Å². The Morgan fingerprint density at radius 2 is 1.56 bits per heavy atom. The first-order chi connectivity index (χ1) is 27.8. The number of esters is 2. The molecule has 1 N–H and O–H groups in total. The van der Waals surface area contributed by atoms with E-state index in [4.69, 9.17) is 46.9 Å². The molecule has 3 aromatic rings. The van der Waals surface area contributed by atoms with Crippen molar-refractivity contribution in [2.45, 2.75) is 90.1 Å². The van der Waals surface area contributed by atoms with Crippen LogP contribution in [0.2, 0.25) is 10.0 Å². The molecule has 1 aliphatic heterocycles. The number of aromatic nitrogens is 1. The minimum atomic E-state index is -4.32. The van der Waals surface area contributed by atoms with E-state index in [1.807, 2.05) is 0 Å². The van der Waals surface area contributed by atoms with Crippen LogP contribution >= 0.6 is 23.2 Å². The van der Waals surface area contributed by atoms with E-state index in [0.29, 0.717) is 29.2 Å². The standard InChI is InChI=1S/C40H45Cl2F2N3O11S/c1-40(2,3)58-36(48)22-59(52,53)45-30-15-26(11-12-32(30)54-20-23-6-7-23)37(49)47-14-4-5-31(47)38(50)56-34(17-27-28(41)18-46(51)19-29(27)42)25-10-13-33(57-39(43)44)35(16-25)55-21-24-8-9-24/h10-13,15-16,18-19,23-24,31,34,39,45H,4-9,14,17,20-22H2,1-3H3/t31-,34-/m0/s1. The van der Waals surface area contributed by atoms with Crippen LogP contribution in [-0.2, 0) is 35.5 Å². The second kappa shape index (κ2) is 18.3. The Hall–Kier alpha value is -4.61. The quantitative estimate of drug-likeness (QED) is 0.0790. The molecule has 2 atom stereocenters. The van der Waals surface area contributed by atoms with Crippen LogP contribution in [0.1, 0.15) is 86.9 Å². The first-order valence-corrected chi connectivity index (χ1v) is 21.5. The van der Waals surface area contributed by atoms with Gasteiger partial charge in [-0.25, -0.2) is 13.2 Å². The molecule has 3 aliphatic rings. The van der Waals surface area contributed by atoms with Gasteiger partial charge in [0.05, 0.1) is 18.9 Å². The number of carbonyl (C=O) groups is 3. The topological polar surface area (TPSA) is 174 Å². The maximum absolute atomic E-state index is 14.1. The average molecular weight is 885 g/mol. The van der Waals surface area contributed by atoms with E-state index in [2.05, 4.69) is 4.72 Å². The van der Waals surface area contributed by atoms with Gasteiger partial charge in [0.1, 0.15) is 33.5 Å². The van der Waals surface area contributed by atoms with Crippen LogP contribution in [0.5, 0.6) is 17.2 Å². The number of ether oxygens (including phenoxy) is 5. The highest BCUT2D eigenvalue weighted by atomic mass is 35.5. The minimum absolute atomic E-state index is 0.00171. The molecule has 59 heavy (non-hydrogen) atoms. The molecule has 19 heteroatoms. The van der Waals surface area contributed by atoms with Crippen LogP contribution in [0.4, 0.5) is 14.5 Å². The van der Waals surface area contributed by atoms with E-state index in [1.165, 1.54) is 41.3 Å². The summed E-state index contributed by atoms with van der Waals surface area (Å²) in [5.74, 6) is -2.88. The van der Waals surface area contributed by atoms with Gasteiger partial charge in [0.25, 0.3) is 5.91 Å². The van der Waals surface area contributed by atoms with Crippen LogP contribution in [0.15, 0.2) is 48.8 Å². The van der Waals surface area contributed by atoms with Gasteiger partial charge in [-0.1, -0.05) is 29.3 Å². The Labute approximate surface area is 350 Å². The molecule has 0 unspecified atom stereocenters. The van der Waals surface area contributed by atoms with Crippen LogP contribution in [-0.4, -0.2) is 74.9 Å². The number of rotatable bonds is 18. The molecule has 2 aromatic carbocycles. The summed E-state index contributed by atoms with van der Waals surface area (Å²) in [4.78, 5) is 42.0.